The van der Waals surface area contributed by atoms with Crippen LogP contribution in [-0.2, 0) is 6.54 Å². The van der Waals surface area contributed by atoms with Crippen LogP contribution in [-0.4, -0.2) is 17.0 Å². The maximum absolute atomic E-state index is 4.71. The van der Waals surface area contributed by atoms with Crippen LogP contribution < -0.4 is 5.32 Å². The van der Waals surface area contributed by atoms with Gasteiger partial charge < -0.3 is 5.32 Å². The van der Waals surface area contributed by atoms with Crippen molar-refractivity contribution in [2.75, 3.05) is 5.75 Å². The van der Waals surface area contributed by atoms with Gasteiger partial charge >= 0.3 is 0 Å². The first-order chi connectivity index (χ1) is 8.81. The number of thioether (sulfide) groups is 1. The highest BCUT2D eigenvalue weighted by Crippen LogP contribution is 2.32. The van der Waals surface area contributed by atoms with Gasteiger partial charge in [-0.15, -0.1) is 0 Å². The van der Waals surface area contributed by atoms with Gasteiger partial charge in [0, 0.05) is 11.8 Å². The van der Waals surface area contributed by atoms with Crippen LogP contribution in [0, 0.1) is 12.8 Å². The van der Waals surface area contributed by atoms with Crippen molar-refractivity contribution in [2.24, 2.45) is 10.9 Å². The molecule has 0 bridgehead atoms. The van der Waals surface area contributed by atoms with Crippen LogP contribution >= 0.6 is 11.8 Å². The Bertz CT molecular complexity index is 438. The molecule has 0 amide bonds. The molecule has 2 aliphatic rings. The fourth-order valence-electron chi connectivity index (χ4n) is 2.76. The molecule has 3 rings (SSSR count). The Hall–Kier alpha value is -0.960. The van der Waals surface area contributed by atoms with E-state index < -0.39 is 0 Å². The van der Waals surface area contributed by atoms with Crippen LogP contribution in [0.5, 0.6) is 0 Å². The molecule has 1 aliphatic heterocycles. The summed E-state index contributed by atoms with van der Waals surface area (Å²) in [6, 6.07) is 9.35. The molecular formula is C15H20N2S. The summed E-state index contributed by atoms with van der Waals surface area (Å²) >= 11 is 1.90. The maximum Gasteiger partial charge on any atom is 0.157 e. The van der Waals surface area contributed by atoms with Gasteiger partial charge in [0.1, 0.15) is 0 Å². The zero-order valence-corrected chi connectivity index (χ0v) is 11.7. The van der Waals surface area contributed by atoms with E-state index in [0.717, 1.165) is 17.6 Å². The van der Waals surface area contributed by atoms with Crippen molar-refractivity contribution in [1.82, 2.24) is 5.32 Å². The molecule has 3 heteroatoms. The smallest absolute Gasteiger partial charge is 0.157 e. The Morgan fingerprint density at radius 1 is 1.28 bits per heavy atom. The number of aryl methyl sites for hydroxylation is 1. The lowest BCUT2D eigenvalue weighted by Crippen LogP contribution is -2.41. The zero-order chi connectivity index (χ0) is 12.4. The van der Waals surface area contributed by atoms with Crippen molar-refractivity contribution in [3.05, 3.63) is 35.4 Å². The summed E-state index contributed by atoms with van der Waals surface area (Å²) in [6.45, 7) is 2.92. The molecular weight excluding hydrogens is 240 g/mol. The molecule has 2 fully saturated rings. The van der Waals surface area contributed by atoms with E-state index in [4.69, 9.17) is 4.99 Å². The minimum atomic E-state index is 0.697. The van der Waals surface area contributed by atoms with Crippen LogP contribution in [0.2, 0.25) is 0 Å². The van der Waals surface area contributed by atoms with E-state index in [1.54, 1.807) is 0 Å². The number of benzene rings is 1. The highest BCUT2D eigenvalue weighted by Gasteiger charge is 2.31. The Kier molecular flexibility index (Phi) is 3.59. The quantitative estimate of drug-likeness (QED) is 0.882. The molecule has 1 aromatic rings. The third-order valence-corrected chi connectivity index (χ3v) is 5.04. The van der Waals surface area contributed by atoms with E-state index >= 15 is 0 Å². The number of aliphatic imine (C=N–C) groups is 1. The van der Waals surface area contributed by atoms with Crippen LogP contribution in [0.1, 0.15) is 30.4 Å². The third-order valence-electron chi connectivity index (χ3n) is 3.93. The van der Waals surface area contributed by atoms with E-state index in [1.165, 1.54) is 36.1 Å². The summed E-state index contributed by atoms with van der Waals surface area (Å²) in [5.74, 6) is 2.14. The van der Waals surface area contributed by atoms with Crippen LogP contribution in [0.3, 0.4) is 0 Å². The van der Waals surface area contributed by atoms with E-state index in [-0.39, 0.29) is 0 Å². The summed E-state index contributed by atoms with van der Waals surface area (Å²) in [5, 5.41) is 4.76. The van der Waals surface area contributed by atoms with Crippen molar-refractivity contribution in [3.8, 4) is 0 Å². The van der Waals surface area contributed by atoms with Crippen molar-refractivity contribution >= 4 is 16.9 Å². The highest BCUT2D eigenvalue weighted by molar-refractivity contribution is 8.13. The average molecular weight is 260 g/mol. The lowest BCUT2D eigenvalue weighted by molar-refractivity contribution is 0.489. The van der Waals surface area contributed by atoms with E-state index in [9.17, 15) is 0 Å². The van der Waals surface area contributed by atoms with E-state index in [1.807, 2.05) is 11.8 Å². The van der Waals surface area contributed by atoms with Gasteiger partial charge in [-0.25, -0.2) is 0 Å². The monoisotopic (exact) mass is 260 g/mol. The van der Waals surface area contributed by atoms with E-state index in [0.29, 0.717) is 6.04 Å². The second-order valence-corrected chi connectivity index (χ2v) is 6.37. The number of nitrogens with zero attached hydrogens (tertiary/aromatic N) is 1. The fourth-order valence-corrected chi connectivity index (χ4v) is 3.92. The standard InChI is InChI=1S/C15H20N2S/c1-11-5-7-12(8-6-11)9-16-15-17-14-4-2-3-13(14)10-18-15/h5-8,13-14H,2-4,9-10H2,1H3,(H,16,17). The summed E-state index contributed by atoms with van der Waals surface area (Å²) < 4.78 is 0. The Labute approximate surface area is 113 Å². The molecule has 1 saturated heterocycles. The number of hydrogen-bond acceptors (Lipinski definition) is 2. The number of hydrogen-bond donors (Lipinski definition) is 1. The molecule has 0 radical (unpaired) electrons. The lowest BCUT2D eigenvalue weighted by atomic mass is 10.1. The fraction of sp³-hybridized carbons (Fsp3) is 0.533. The molecule has 0 aromatic heterocycles. The summed E-state index contributed by atoms with van der Waals surface area (Å²) in [7, 11) is 0. The molecule has 2 nitrogen and oxygen atoms in total. The normalized spacial score (nSPS) is 29.1. The zero-order valence-electron chi connectivity index (χ0n) is 10.9. The summed E-state index contributed by atoms with van der Waals surface area (Å²) in [4.78, 5) is 4.71. The molecule has 2 unspecified atom stereocenters. The Morgan fingerprint density at radius 2 is 2.11 bits per heavy atom. The molecule has 0 spiro atoms. The average Bonchev–Trinajstić information content (AvgIpc) is 2.85. The van der Waals surface area contributed by atoms with Crippen LogP contribution in [0.15, 0.2) is 29.3 Å². The first-order valence-corrected chi connectivity index (χ1v) is 7.79. The van der Waals surface area contributed by atoms with Crippen molar-refractivity contribution in [1.29, 1.82) is 0 Å². The first kappa shape index (κ1) is 12.1. The molecule has 2 atom stereocenters. The van der Waals surface area contributed by atoms with Crippen molar-refractivity contribution < 1.29 is 0 Å². The predicted molar refractivity (Wildman–Crippen MR) is 79.0 cm³/mol. The Morgan fingerprint density at radius 3 is 2.94 bits per heavy atom. The van der Waals surface area contributed by atoms with Gasteiger partial charge in [-0.2, -0.15) is 0 Å². The van der Waals surface area contributed by atoms with Gasteiger partial charge in [0.2, 0.25) is 0 Å². The topological polar surface area (TPSA) is 24.4 Å². The van der Waals surface area contributed by atoms with Gasteiger partial charge in [-0.3, -0.25) is 4.99 Å². The molecule has 1 heterocycles. The van der Waals surface area contributed by atoms with Crippen molar-refractivity contribution in [2.45, 2.75) is 38.8 Å². The second kappa shape index (κ2) is 5.35. The lowest BCUT2D eigenvalue weighted by Gasteiger charge is -2.28. The summed E-state index contributed by atoms with van der Waals surface area (Å²) in [5.41, 5.74) is 2.61. The number of nitrogens with one attached hydrogen (secondary N) is 1. The van der Waals surface area contributed by atoms with Gasteiger partial charge in [0.15, 0.2) is 5.17 Å². The van der Waals surface area contributed by atoms with Gasteiger partial charge in [-0.1, -0.05) is 48.0 Å². The van der Waals surface area contributed by atoms with E-state index in [2.05, 4.69) is 36.5 Å². The maximum atomic E-state index is 4.71. The second-order valence-electron chi connectivity index (χ2n) is 5.36. The molecule has 1 saturated carbocycles. The first-order valence-electron chi connectivity index (χ1n) is 6.80. The molecule has 1 aliphatic carbocycles. The minimum absolute atomic E-state index is 0.697. The molecule has 96 valence electrons. The molecule has 1 aromatic carbocycles. The van der Waals surface area contributed by atoms with Gasteiger partial charge in [0.05, 0.1) is 6.54 Å². The number of rotatable bonds is 2. The minimum Gasteiger partial charge on any atom is -0.362 e. The SMILES string of the molecule is Cc1ccc(CN=C2NC3CCCC3CS2)cc1. The van der Waals surface area contributed by atoms with Crippen molar-refractivity contribution in [3.63, 3.8) is 0 Å². The van der Waals surface area contributed by atoms with Gasteiger partial charge in [0.25, 0.3) is 0 Å². The van der Waals surface area contributed by atoms with Crippen LogP contribution in [0.25, 0.3) is 0 Å². The number of amidine groups is 1. The molecule has 1 N–H and O–H groups in total. The molecule has 18 heavy (non-hydrogen) atoms. The summed E-state index contributed by atoms with van der Waals surface area (Å²) in [6.07, 6.45) is 4.11. The highest BCUT2D eigenvalue weighted by atomic mass is 32.2. The van der Waals surface area contributed by atoms with Gasteiger partial charge in [-0.05, 0) is 31.2 Å². The predicted octanol–water partition coefficient (Wildman–Crippen LogP) is 3.36. The van der Waals surface area contributed by atoms with Crippen LogP contribution in [0.4, 0.5) is 0 Å². The Balaban J connectivity index is 1.61. The number of fused-ring (bicyclic) bond motifs is 1. The third kappa shape index (κ3) is 2.72. The largest absolute Gasteiger partial charge is 0.362 e.